The average Bonchev–Trinajstić information content (AvgIpc) is 3.41. The first-order valence-electron chi connectivity index (χ1n) is 9.03. The number of nitrogen functional groups attached to an aromatic ring is 1. The van der Waals surface area contributed by atoms with E-state index in [0.29, 0.717) is 11.1 Å². The summed E-state index contributed by atoms with van der Waals surface area (Å²) in [6.45, 7) is 0. The molecule has 2 aliphatic carbocycles. The fourth-order valence-corrected chi connectivity index (χ4v) is 4.33. The van der Waals surface area contributed by atoms with Crippen molar-refractivity contribution in [2.24, 2.45) is 0 Å². The van der Waals surface area contributed by atoms with Crippen molar-refractivity contribution in [3.63, 3.8) is 0 Å². The highest BCUT2D eigenvalue weighted by Gasteiger charge is 2.31. The van der Waals surface area contributed by atoms with Gasteiger partial charge in [0.1, 0.15) is 0 Å². The van der Waals surface area contributed by atoms with Crippen LogP contribution >= 0.6 is 11.8 Å². The van der Waals surface area contributed by atoms with Crippen LogP contribution in [-0.2, 0) is 4.79 Å². The maximum atomic E-state index is 12.6. The lowest BCUT2D eigenvalue weighted by atomic mass is 10.1. The first-order chi connectivity index (χ1) is 13.2. The minimum Gasteiger partial charge on any atom is -0.344 e. The summed E-state index contributed by atoms with van der Waals surface area (Å²) in [6, 6.07) is 16.3. The van der Waals surface area contributed by atoms with Gasteiger partial charge in [0.05, 0.1) is 11.8 Å². The van der Waals surface area contributed by atoms with Crippen LogP contribution in [0.5, 0.6) is 0 Å². The van der Waals surface area contributed by atoms with E-state index >= 15 is 0 Å². The number of carbonyl (C=O) groups excluding carboxylic acids is 1. The van der Waals surface area contributed by atoms with E-state index in [-0.39, 0.29) is 17.7 Å². The van der Waals surface area contributed by atoms with E-state index in [2.05, 4.69) is 39.8 Å². The topological polar surface area (TPSA) is 85.8 Å². The summed E-state index contributed by atoms with van der Waals surface area (Å²) < 4.78 is 1.52. The first kappa shape index (κ1) is 16.4. The molecule has 136 valence electrons. The quantitative estimate of drug-likeness (QED) is 0.527. The molecule has 2 aliphatic rings. The van der Waals surface area contributed by atoms with Crippen molar-refractivity contribution in [3.8, 4) is 11.1 Å². The average molecular weight is 377 g/mol. The maximum absolute atomic E-state index is 12.6. The third kappa shape index (κ3) is 2.88. The second kappa shape index (κ2) is 6.42. The number of hydrogen-bond donors (Lipinski definition) is 2. The van der Waals surface area contributed by atoms with Gasteiger partial charge < -0.3 is 11.2 Å². The molecule has 0 aliphatic heterocycles. The summed E-state index contributed by atoms with van der Waals surface area (Å²) in [4.78, 5) is 12.6. The van der Waals surface area contributed by atoms with Gasteiger partial charge in [0.15, 0.2) is 5.82 Å². The van der Waals surface area contributed by atoms with Gasteiger partial charge in [0.2, 0.25) is 11.1 Å². The number of benzene rings is 2. The first-order valence-corrected chi connectivity index (χ1v) is 10.0. The van der Waals surface area contributed by atoms with Crippen LogP contribution in [-0.4, -0.2) is 26.5 Å². The van der Waals surface area contributed by atoms with Crippen molar-refractivity contribution < 1.29 is 4.79 Å². The smallest absolute Gasteiger partial charge is 0.231 e. The number of nitrogens with two attached hydrogens (primary N) is 1. The van der Waals surface area contributed by atoms with Crippen LogP contribution in [0.2, 0.25) is 0 Å². The lowest BCUT2D eigenvalue weighted by molar-refractivity contribution is -0.119. The summed E-state index contributed by atoms with van der Waals surface area (Å²) >= 11 is 1.32. The number of fused-ring (bicyclic) bond motifs is 3. The Kier molecular flexibility index (Phi) is 3.89. The minimum absolute atomic E-state index is 0.0486. The highest BCUT2D eigenvalue weighted by Crippen LogP contribution is 2.43. The van der Waals surface area contributed by atoms with Gasteiger partial charge in [0.25, 0.3) is 0 Å². The van der Waals surface area contributed by atoms with Gasteiger partial charge in [-0.1, -0.05) is 60.3 Å². The molecule has 3 N–H and O–H groups in total. The van der Waals surface area contributed by atoms with E-state index in [1.807, 2.05) is 24.3 Å². The van der Waals surface area contributed by atoms with Crippen molar-refractivity contribution in [1.82, 2.24) is 20.2 Å². The van der Waals surface area contributed by atoms with Crippen molar-refractivity contribution in [2.75, 3.05) is 11.6 Å². The Hall–Kier alpha value is -2.80. The Bertz CT molecular complexity index is 981. The highest BCUT2D eigenvalue weighted by atomic mass is 32.2. The minimum atomic E-state index is -0.122. The van der Waals surface area contributed by atoms with E-state index in [4.69, 9.17) is 5.84 Å². The molecule has 2 aromatic carbocycles. The standard InChI is InChI=1S/C20H19N5OS/c21-25-19(12-9-10-12)23-24-20(25)27-11-17(26)22-18-15-7-3-1-5-13(15)14-6-2-4-8-16(14)18/h1-8,12,18H,9-11,21H2,(H,22,26). The number of nitrogens with one attached hydrogen (secondary N) is 1. The van der Waals surface area contributed by atoms with Crippen molar-refractivity contribution >= 4 is 17.7 Å². The lowest BCUT2D eigenvalue weighted by Crippen LogP contribution is -2.29. The number of rotatable bonds is 5. The number of nitrogens with zero attached hydrogens (tertiary/aromatic N) is 3. The molecule has 1 saturated carbocycles. The summed E-state index contributed by atoms with van der Waals surface area (Å²) in [7, 11) is 0. The molecule has 0 atom stereocenters. The predicted octanol–water partition coefficient (Wildman–Crippen LogP) is 2.85. The van der Waals surface area contributed by atoms with Gasteiger partial charge in [-0.2, -0.15) is 0 Å². The normalized spacial score (nSPS) is 15.4. The second-order valence-corrected chi connectivity index (χ2v) is 7.89. The van der Waals surface area contributed by atoms with Crippen molar-refractivity contribution in [2.45, 2.75) is 30.0 Å². The molecule has 1 fully saturated rings. The van der Waals surface area contributed by atoms with Crippen molar-refractivity contribution in [3.05, 3.63) is 65.5 Å². The van der Waals surface area contributed by atoms with Crippen LogP contribution in [0.15, 0.2) is 53.7 Å². The summed E-state index contributed by atoms with van der Waals surface area (Å²) in [6.07, 6.45) is 2.22. The molecule has 1 heterocycles. The fraction of sp³-hybridized carbons (Fsp3) is 0.250. The van der Waals surface area contributed by atoms with Gasteiger partial charge in [-0.15, -0.1) is 10.2 Å². The zero-order chi connectivity index (χ0) is 18.4. The molecule has 0 unspecified atom stereocenters. The zero-order valence-corrected chi connectivity index (χ0v) is 15.4. The maximum Gasteiger partial charge on any atom is 0.231 e. The zero-order valence-electron chi connectivity index (χ0n) is 14.6. The van der Waals surface area contributed by atoms with Gasteiger partial charge >= 0.3 is 0 Å². The van der Waals surface area contributed by atoms with E-state index in [1.54, 1.807) is 0 Å². The lowest BCUT2D eigenvalue weighted by Gasteiger charge is -2.15. The third-order valence-electron chi connectivity index (χ3n) is 5.10. The van der Waals surface area contributed by atoms with Crippen LogP contribution in [0.4, 0.5) is 0 Å². The van der Waals surface area contributed by atoms with Crippen molar-refractivity contribution in [1.29, 1.82) is 0 Å². The highest BCUT2D eigenvalue weighted by molar-refractivity contribution is 7.99. The Morgan fingerprint density at radius 1 is 1.07 bits per heavy atom. The molecular weight excluding hydrogens is 358 g/mol. The molecule has 0 saturated heterocycles. The van der Waals surface area contributed by atoms with E-state index in [0.717, 1.165) is 29.8 Å². The van der Waals surface area contributed by atoms with E-state index in [1.165, 1.54) is 27.6 Å². The molecule has 0 bridgehead atoms. The molecule has 27 heavy (non-hydrogen) atoms. The fourth-order valence-electron chi connectivity index (χ4n) is 3.65. The summed E-state index contributed by atoms with van der Waals surface area (Å²) in [5.41, 5.74) is 4.63. The molecule has 6 nitrogen and oxygen atoms in total. The van der Waals surface area contributed by atoms with Crippen LogP contribution in [0.25, 0.3) is 11.1 Å². The molecule has 0 spiro atoms. The Morgan fingerprint density at radius 2 is 1.70 bits per heavy atom. The van der Waals surface area contributed by atoms with E-state index in [9.17, 15) is 4.79 Å². The number of carbonyl (C=O) groups is 1. The van der Waals surface area contributed by atoms with E-state index < -0.39 is 0 Å². The van der Waals surface area contributed by atoms with Gasteiger partial charge in [-0.25, -0.2) is 4.68 Å². The SMILES string of the molecule is Nn1c(SCC(=O)NC2c3ccccc3-c3ccccc32)nnc1C1CC1. The van der Waals surface area contributed by atoms with Gasteiger partial charge in [-0.3, -0.25) is 4.79 Å². The Labute approximate surface area is 161 Å². The summed E-state index contributed by atoms with van der Waals surface area (Å²) in [5, 5.41) is 12.0. The molecule has 3 aromatic rings. The van der Waals surface area contributed by atoms with Crippen LogP contribution in [0.1, 0.15) is 41.8 Å². The monoisotopic (exact) mass is 377 g/mol. The second-order valence-electron chi connectivity index (χ2n) is 6.95. The summed E-state index contributed by atoms with van der Waals surface area (Å²) in [5.74, 6) is 7.51. The molecule has 0 radical (unpaired) electrons. The third-order valence-corrected chi connectivity index (χ3v) is 6.05. The number of aromatic nitrogens is 3. The van der Waals surface area contributed by atoms with Crippen LogP contribution in [0.3, 0.4) is 0 Å². The Balaban J connectivity index is 1.31. The molecule has 1 aromatic heterocycles. The molecular formula is C20H19N5OS. The molecule has 5 rings (SSSR count). The number of amides is 1. The van der Waals surface area contributed by atoms with Crippen LogP contribution in [0, 0.1) is 0 Å². The predicted molar refractivity (Wildman–Crippen MR) is 105 cm³/mol. The van der Waals surface area contributed by atoms with Gasteiger partial charge in [0, 0.05) is 5.92 Å². The van der Waals surface area contributed by atoms with Gasteiger partial charge in [-0.05, 0) is 35.1 Å². The largest absolute Gasteiger partial charge is 0.344 e. The van der Waals surface area contributed by atoms with Crippen LogP contribution < -0.4 is 11.2 Å². The molecule has 1 amide bonds. The Morgan fingerprint density at radius 3 is 2.33 bits per heavy atom. The number of thioether (sulfide) groups is 1. The number of hydrogen-bond acceptors (Lipinski definition) is 5. The molecule has 7 heteroatoms.